The standard InChI is InChI=1S/C12H15F2NO2/c1-2-17-8-4-7-15-12(16)11-9(13)5-3-6-10(11)14/h3,5-6H,2,4,7-8H2,1H3,(H,15,16). The first-order valence-electron chi connectivity index (χ1n) is 5.46. The van der Waals surface area contributed by atoms with Gasteiger partial charge in [-0.15, -0.1) is 0 Å². The summed E-state index contributed by atoms with van der Waals surface area (Å²) in [4.78, 5) is 11.5. The van der Waals surface area contributed by atoms with Gasteiger partial charge in [-0.1, -0.05) is 6.07 Å². The summed E-state index contributed by atoms with van der Waals surface area (Å²) < 4.78 is 31.5. The van der Waals surface area contributed by atoms with Crippen molar-refractivity contribution in [1.29, 1.82) is 0 Å². The smallest absolute Gasteiger partial charge is 0.257 e. The van der Waals surface area contributed by atoms with Crippen LogP contribution in [0.5, 0.6) is 0 Å². The normalized spacial score (nSPS) is 10.3. The van der Waals surface area contributed by atoms with Crippen molar-refractivity contribution in [3.8, 4) is 0 Å². The number of hydrogen-bond donors (Lipinski definition) is 1. The predicted octanol–water partition coefficient (Wildman–Crippen LogP) is 2.12. The molecule has 0 spiro atoms. The molecule has 0 radical (unpaired) electrons. The van der Waals surface area contributed by atoms with E-state index in [2.05, 4.69) is 5.32 Å². The number of amides is 1. The molecule has 1 N–H and O–H groups in total. The van der Waals surface area contributed by atoms with Crippen LogP contribution in [0.2, 0.25) is 0 Å². The number of ether oxygens (including phenoxy) is 1. The third kappa shape index (κ3) is 4.11. The highest BCUT2D eigenvalue weighted by atomic mass is 19.1. The molecule has 1 aromatic carbocycles. The quantitative estimate of drug-likeness (QED) is 0.777. The number of carbonyl (C=O) groups is 1. The molecule has 0 heterocycles. The van der Waals surface area contributed by atoms with Crippen LogP contribution in [0.3, 0.4) is 0 Å². The van der Waals surface area contributed by atoms with E-state index in [0.717, 1.165) is 12.1 Å². The summed E-state index contributed by atoms with van der Waals surface area (Å²) in [6, 6.07) is 3.33. The van der Waals surface area contributed by atoms with E-state index in [1.165, 1.54) is 6.07 Å². The second-order valence-corrected chi connectivity index (χ2v) is 3.40. The predicted molar refractivity (Wildman–Crippen MR) is 59.8 cm³/mol. The van der Waals surface area contributed by atoms with Crippen LogP contribution in [0.1, 0.15) is 23.7 Å². The highest BCUT2D eigenvalue weighted by molar-refractivity contribution is 5.94. The topological polar surface area (TPSA) is 38.3 Å². The largest absolute Gasteiger partial charge is 0.382 e. The molecule has 0 aliphatic rings. The van der Waals surface area contributed by atoms with Crippen molar-refractivity contribution in [3.63, 3.8) is 0 Å². The number of hydrogen-bond acceptors (Lipinski definition) is 2. The van der Waals surface area contributed by atoms with E-state index in [4.69, 9.17) is 4.74 Å². The first-order chi connectivity index (χ1) is 8.16. The van der Waals surface area contributed by atoms with E-state index in [1.54, 1.807) is 0 Å². The lowest BCUT2D eigenvalue weighted by molar-refractivity contribution is 0.0936. The molecule has 0 unspecified atom stereocenters. The summed E-state index contributed by atoms with van der Waals surface area (Å²) in [6.07, 6.45) is 0.607. The van der Waals surface area contributed by atoms with Crippen molar-refractivity contribution in [2.45, 2.75) is 13.3 Å². The minimum atomic E-state index is -0.854. The molecule has 0 saturated carbocycles. The van der Waals surface area contributed by atoms with Crippen LogP contribution in [-0.4, -0.2) is 25.7 Å². The Balaban J connectivity index is 2.47. The zero-order chi connectivity index (χ0) is 12.7. The fraction of sp³-hybridized carbons (Fsp3) is 0.417. The lowest BCUT2D eigenvalue weighted by atomic mass is 10.2. The van der Waals surface area contributed by atoms with Gasteiger partial charge in [0.1, 0.15) is 17.2 Å². The van der Waals surface area contributed by atoms with Gasteiger partial charge in [-0.25, -0.2) is 8.78 Å². The highest BCUT2D eigenvalue weighted by Crippen LogP contribution is 2.11. The molecule has 0 fully saturated rings. The number of nitrogens with one attached hydrogen (secondary N) is 1. The van der Waals surface area contributed by atoms with Gasteiger partial charge in [0.2, 0.25) is 0 Å². The SMILES string of the molecule is CCOCCCNC(=O)c1c(F)cccc1F. The summed E-state index contributed by atoms with van der Waals surface area (Å²) in [6.45, 7) is 3.31. The van der Waals surface area contributed by atoms with Crippen molar-refractivity contribution in [2.75, 3.05) is 19.8 Å². The first-order valence-corrected chi connectivity index (χ1v) is 5.46. The average molecular weight is 243 g/mol. The van der Waals surface area contributed by atoms with Gasteiger partial charge in [-0.3, -0.25) is 4.79 Å². The van der Waals surface area contributed by atoms with Crippen LogP contribution in [0.4, 0.5) is 8.78 Å². The van der Waals surface area contributed by atoms with Crippen LogP contribution in [0.25, 0.3) is 0 Å². The van der Waals surface area contributed by atoms with E-state index in [9.17, 15) is 13.6 Å². The Kier molecular flexibility index (Phi) is 5.56. The lowest BCUT2D eigenvalue weighted by Gasteiger charge is -2.06. The van der Waals surface area contributed by atoms with Gasteiger partial charge >= 0.3 is 0 Å². The molecular weight excluding hydrogens is 228 g/mol. The number of carbonyl (C=O) groups excluding carboxylic acids is 1. The third-order valence-corrected chi connectivity index (χ3v) is 2.14. The molecule has 0 aromatic heterocycles. The van der Waals surface area contributed by atoms with E-state index in [1.807, 2.05) is 6.92 Å². The molecule has 1 rings (SSSR count). The van der Waals surface area contributed by atoms with E-state index >= 15 is 0 Å². The molecule has 5 heteroatoms. The second kappa shape index (κ2) is 6.96. The summed E-state index contributed by atoms with van der Waals surface area (Å²) >= 11 is 0. The minimum absolute atomic E-state index is 0.326. The van der Waals surface area contributed by atoms with Crippen molar-refractivity contribution >= 4 is 5.91 Å². The molecule has 1 aromatic rings. The maximum atomic E-state index is 13.2. The number of benzene rings is 1. The Labute approximate surface area is 98.8 Å². The van der Waals surface area contributed by atoms with Crippen molar-refractivity contribution in [1.82, 2.24) is 5.32 Å². The average Bonchev–Trinajstić information content (AvgIpc) is 2.28. The molecule has 17 heavy (non-hydrogen) atoms. The Hall–Kier alpha value is -1.49. The molecule has 0 bridgehead atoms. The Bertz CT molecular complexity index is 363. The van der Waals surface area contributed by atoms with Crippen molar-refractivity contribution in [3.05, 3.63) is 35.4 Å². The third-order valence-electron chi connectivity index (χ3n) is 2.14. The van der Waals surface area contributed by atoms with Gasteiger partial charge in [-0.05, 0) is 25.5 Å². The first kappa shape index (κ1) is 13.6. The zero-order valence-electron chi connectivity index (χ0n) is 9.63. The molecular formula is C12H15F2NO2. The summed E-state index contributed by atoms with van der Waals surface area (Å²) in [5.41, 5.74) is -0.538. The fourth-order valence-corrected chi connectivity index (χ4v) is 1.32. The van der Waals surface area contributed by atoms with E-state index in [-0.39, 0.29) is 0 Å². The Morgan fingerprint density at radius 2 is 2.00 bits per heavy atom. The summed E-state index contributed by atoms with van der Waals surface area (Å²) in [7, 11) is 0. The van der Waals surface area contributed by atoms with Crippen LogP contribution in [0, 0.1) is 11.6 Å². The van der Waals surface area contributed by atoms with Crippen molar-refractivity contribution in [2.24, 2.45) is 0 Å². The molecule has 0 aliphatic carbocycles. The zero-order valence-corrected chi connectivity index (χ0v) is 9.63. The molecule has 1 amide bonds. The summed E-state index contributed by atoms with van der Waals surface area (Å²) in [5, 5.41) is 2.44. The fourth-order valence-electron chi connectivity index (χ4n) is 1.32. The van der Waals surface area contributed by atoms with Crippen LogP contribution in [-0.2, 0) is 4.74 Å². The van der Waals surface area contributed by atoms with Gasteiger partial charge < -0.3 is 10.1 Å². The summed E-state index contributed by atoms with van der Waals surface area (Å²) in [5.74, 6) is -2.45. The van der Waals surface area contributed by atoms with Gasteiger partial charge in [0.15, 0.2) is 0 Å². The van der Waals surface area contributed by atoms with Gasteiger partial charge in [-0.2, -0.15) is 0 Å². The maximum Gasteiger partial charge on any atom is 0.257 e. The Morgan fingerprint density at radius 3 is 2.59 bits per heavy atom. The van der Waals surface area contributed by atoms with Crippen LogP contribution < -0.4 is 5.32 Å². The maximum absolute atomic E-state index is 13.2. The minimum Gasteiger partial charge on any atom is -0.382 e. The lowest BCUT2D eigenvalue weighted by Crippen LogP contribution is -2.27. The molecule has 0 atom stereocenters. The monoisotopic (exact) mass is 243 g/mol. The molecule has 0 saturated heterocycles. The van der Waals surface area contributed by atoms with Gasteiger partial charge in [0, 0.05) is 19.8 Å². The van der Waals surface area contributed by atoms with Crippen LogP contribution >= 0.6 is 0 Å². The second-order valence-electron chi connectivity index (χ2n) is 3.40. The molecule has 3 nitrogen and oxygen atoms in total. The number of rotatable bonds is 6. The van der Waals surface area contributed by atoms with Gasteiger partial charge in [0.25, 0.3) is 5.91 Å². The van der Waals surface area contributed by atoms with Crippen LogP contribution in [0.15, 0.2) is 18.2 Å². The highest BCUT2D eigenvalue weighted by Gasteiger charge is 2.15. The number of halogens is 2. The van der Waals surface area contributed by atoms with Gasteiger partial charge in [0.05, 0.1) is 0 Å². The Morgan fingerprint density at radius 1 is 1.35 bits per heavy atom. The molecule has 94 valence electrons. The van der Waals surface area contributed by atoms with Crippen molar-refractivity contribution < 1.29 is 18.3 Å². The van der Waals surface area contributed by atoms with E-state index in [0.29, 0.717) is 26.2 Å². The molecule has 0 aliphatic heterocycles. The van der Waals surface area contributed by atoms with E-state index < -0.39 is 23.1 Å².